The van der Waals surface area contributed by atoms with E-state index in [0.29, 0.717) is 0 Å². The van der Waals surface area contributed by atoms with Gasteiger partial charge in [-0.2, -0.15) is 0 Å². The minimum atomic E-state index is 0.817. The molecule has 0 N–H and O–H groups in total. The lowest BCUT2D eigenvalue weighted by Gasteiger charge is -2.06. The highest BCUT2D eigenvalue weighted by Gasteiger charge is 2.03. The molecule has 0 saturated heterocycles. The van der Waals surface area contributed by atoms with Crippen molar-refractivity contribution in [3.63, 3.8) is 0 Å². The number of benzene rings is 2. The second-order valence-electron chi connectivity index (χ2n) is 4.48. The predicted molar refractivity (Wildman–Crippen MR) is 80.3 cm³/mol. The van der Waals surface area contributed by atoms with E-state index in [1.807, 2.05) is 48.5 Å². The van der Waals surface area contributed by atoms with Crippen LogP contribution in [0, 0.1) is 0 Å². The number of hydrogen-bond donors (Lipinski definition) is 0. The summed E-state index contributed by atoms with van der Waals surface area (Å²) in [7, 11) is 3.32. The van der Waals surface area contributed by atoms with Crippen molar-refractivity contribution < 1.29 is 9.47 Å². The number of pyridine rings is 1. The Morgan fingerprint density at radius 3 is 2.10 bits per heavy atom. The maximum atomic E-state index is 5.24. The summed E-state index contributed by atoms with van der Waals surface area (Å²) in [5.41, 5.74) is 2.93. The van der Waals surface area contributed by atoms with Crippen molar-refractivity contribution in [3.05, 3.63) is 54.6 Å². The van der Waals surface area contributed by atoms with Gasteiger partial charge in [0.25, 0.3) is 0 Å². The lowest BCUT2D eigenvalue weighted by Crippen LogP contribution is -1.88. The van der Waals surface area contributed by atoms with Crippen LogP contribution >= 0.6 is 0 Å². The lowest BCUT2D eigenvalue weighted by molar-refractivity contribution is 0.415. The Hall–Kier alpha value is -2.55. The van der Waals surface area contributed by atoms with Crippen molar-refractivity contribution in [1.82, 2.24) is 4.98 Å². The topological polar surface area (TPSA) is 31.4 Å². The van der Waals surface area contributed by atoms with Crippen molar-refractivity contribution >= 4 is 10.9 Å². The average molecular weight is 265 g/mol. The first kappa shape index (κ1) is 12.5. The number of methoxy groups -OCH3 is 2. The third-order valence-corrected chi connectivity index (χ3v) is 3.29. The Labute approximate surface area is 117 Å². The van der Waals surface area contributed by atoms with Gasteiger partial charge in [0.05, 0.1) is 25.4 Å². The van der Waals surface area contributed by atoms with E-state index >= 15 is 0 Å². The molecule has 3 nitrogen and oxygen atoms in total. The van der Waals surface area contributed by atoms with E-state index in [0.717, 1.165) is 33.7 Å². The Kier molecular flexibility index (Phi) is 3.25. The monoisotopic (exact) mass is 265 g/mol. The van der Waals surface area contributed by atoms with Crippen molar-refractivity contribution in [2.45, 2.75) is 0 Å². The largest absolute Gasteiger partial charge is 0.497 e. The Balaban J connectivity index is 2.06. The fourth-order valence-corrected chi connectivity index (χ4v) is 2.15. The first-order valence-electron chi connectivity index (χ1n) is 6.39. The summed E-state index contributed by atoms with van der Waals surface area (Å²) < 4.78 is 10.4. The summed E-state index contributed by atoms with van der Waals surface area (Å²) in [6.07, 6.45) is 0. The smallest absolute Gasteiger partial charge is 0.121 e. The van der Waals surface area contributed by atoms with Crippen LogP contribution in [0.2, 0.25) is 0 Å². The van der Waals surface area contributed by atoms with Crippen LogP contribution in [-0.4, -0.2) is 19.2 Å². The zero-order valence-corrected chi connectivity index (χ0v) is 11.5. The molecule has 0 aliphatic carbocycles. The van der Waals surface area contributed by atoms with Gasteiger partial charge in [-0.1, -0.05) is 6.07 Å². The summed E-state index contributed by atoms with van der Waals surface area (Å²) in [5.74, 6) is 1.66. The van der Waals surface area contributed by atoms with Gasteiger partial charge in [-0.25, -0.2) is 4.98 Å². The fourth-order valence-electron chi connectivity index (χ4n) is 2.15. The average Bonchev–Trinajstić information content (AvgIpc) is 2.54. The van der Waals surface area contributed by atoms with Gasteiger partial charge in [0.1, 0.15) is 11.5 Å². The van der Waals surface area contributed by atoms with Gasteiger partial charge in [0, 0.05) is 17.0 Å². The molecule has 3 heteroatoms. The minimum absolute atomic E-state index is 0.817. The van der Waals surface area contributed by atoms with Gasteiger partial charge in [0.15, 0.2) is 0 Å². The normalized spacial score (nSPS) is 10.5. The summed E-state index contributed by atoms with van der Waals surface area (Å²) in [6, 6.07) is 17.9. The molecule has 2 aromatic carbocycles. The van der Waals surface area contributed by atoms with Crippen molar-refractivity contribution in [2.24, 2.45) is 0 Å². The molecule has 3 rings (SSSR count). The second-order valence-corrected chi connectivity index (χ2v) is 4.48. The molecule has 0 aliphatic heterocycles. The maximum Gasteiger partial charge on any atom is 0.121 e. The second kappa shape index (κ2) is 5.21. The molecular weight excluding hydrogens is 250 g/mol. The van der Waals surface area contributed by atoms with Gasteiger partial charge in [-0.15, -0.1) is 0 Å². The lowest BCUT2D eigenvalue weighted by atomic mass is 10.1. The van der Waals surface area contributed by atoms with Crippen molar-refractivity contribution in [1.29, 1.82) is 0 Å². The summed E-state index contributed by atoms with van der Waals surface area (Å²) >= 11 is 0. The molecule has 0 fully saturated rings. The standard InChI is InChI=1S/C17H15NO2/c1-19-14-7-3-12(4-8-14)16-10-6-13-5-9-15(20-2)11-17(13)18-16/h3-11H,1-2H3. The molecule has 20 heavy (non-hydrogen) atoms. The van der Waals surface area contributed by atoms with Gasteiger partial charge >= 0.3 is 0 Å². The molecule has 0 atom stereocenters. The van der Waals surface area contributed by atoms with Gasteiger partial charge < -0.3 is 9.47 Å². The molecule has 1 aromatic heterocycles. The molecule has 3 aromatic rings. The molecule has 0 bridgehead atoms. The molecule has 0 saturated carbocycles. The SMILES string of the molecule is COc1ccc(-c2ccc3ccc(OC)cc3n2)cc1. The summed E-state index contributed by atoms with van der Waals surface area (Å²) in [6.45, 7) is 0. The number of aromatic nitrogens is 1. The molecule has 100 valence electrons. The highest BCUT2D eigenvalue weighted by atomic mass is 16.5. The highest BCUT2D eigenvalue weighted by Crippen LogP contribution is 2.25. The highest BCUT2D eigenvalue weighted by molar-refractivity contribution is 5.82. The van der Waals surface area contributed by atoms with Crippen molar-refractivity contribution in [3.8, 4) is 22.8 Å². The molecule has 0 amide bonds. The van der Waals surface area contributed by atoms with E-state index in [9.17, 15) is 0 Å². The van der Waals surface area contributed by atoms with Gasteiger partial charge in [-0.05, 0) is 42.5 Å². The minimum Gasteiger partial charge on any atom is -0.497 e. The maximum absolute atomic E-state index is 5.24. The van der Waals surface area contributed by atoms with Crippen LogP contribution in [-0.2, 0) is 0 Å². The van der Waals surface area contributed by atoms with Crippen LogP contribution in [0.5, 0.6) is 11.5 Å². The summed E-state index contributed by atoms with van der Waals surface area (Å²) in [5, 5.41) is 1.10. The number of fused-ring (bicyclic) bond motifs is 1. The van der Waals surface area contributed by atoms with Crippen LogP contribution in [0.4, 0.5) is 0 Å². The number of nitrogens with zero attached hydrogens (tertiary/aromatic N) is 1. The Morgan fingerprint density at radius 2 is 1.40 bits per heavy atom. The first-order chi connectivity index (χ1) is 9.80. The van der Waals surface area contributed by atoms with E-state index in [2.05, 4.69) is 11.1 Å². The van der Waals surface area contributed by atoms with E-state index < -0.39 is 0 Å². The van der Waals surface area contributed by atoms with E-state index in [1.165, 1.54) is 0 Å². The zero-order chi connectivity index (χ0) is 13.9. The van der Waals surface area contributed by atoms with Gasteiger partial charge in [-0.3, -0.25) is 0 Å². The van der Waals surface area contributed by atoms with E-state index in [1.54, 1.807) is 14.2 Å². The predicted octanol–water partition coefficient (Wildman–Crippen LogP) is 3.92. The molecule has 0 aliphatic rings. The van der Waals surface area contributed by atoms with Crippen LogP contribution in [0.1, 0.15) is 0 Å². The fraction of sp³-hybridized carbons (Fsp3) is 0.118. The molecule has 0 radical (unpaired) electrons. The third-order valence-electron chi connectivity index (χ3n) is 3.29. The molecule has 0 unspecified atom stereocenters. The van der Waals surface area contributed by atoms with E-state index in [-0.39, 0.29) is 0 Å². The van der Waals surface area contributed by atoms with E-state index in [4.69, 9.17) is 9.47 Å². The Bertz CT molecular complexity index is 736. The summed E-state index contributed by atoms with van der Waals surface area (Å²) in [4.78, 5) is 4.69. The first-order valence-corrected chi connectivity index (χ1v) is 6.39. The Morgan fingerprint density at radius 1 is 0.750 bits per heavy atom. The third kappa shape index (κ3) is 2.30. The quantitative estimate of drug-likeness (QED) is 0.719. The molecule has 1 heterocycles. The van der Waals surface area contributed by atoms with Crippen LogP contribution in [0.25, 0.3) is 22.2 Å². The van der Waals surface area contributed by atoms with Crippen LogP contribution in [0.3, 0.4) is 0 Å². The number of ether oxygens (including phenoxy) is 2. The number of hydrogen-bond acceptors (Lipinski definition) is 3. The van der Waals surface area contributed by atoms with Gasteiger partial charge in [0.2, 0.25) is 0 Å². The molecule has 0 spiro atoms. The number of rotatable bonds is 3. The zero-order valence-electron chi connectivity index (χ0n) is 11.5. The van der Waals surface area contributed by atoms with Crippen LogP contribution in [0.15, 0.2) is 54.6 Å². The molecular formula is C17H15NO2. The van der Waals surface area contributed by atoms with Crippen LogP contribution < -0.4 is 9.47 Å². The van der Waals surface area contributed by atoms with Crippen molar-refractivity contribution in [2.75, 3.05) is 14.2 Å².